The zero-order valence-corrected chi connectivity index (χ0v) is 14.0. The molecule has 1 saturated carbocycles. The molecule has 21 heavy (non-hydrogen) atoms. The molecule has 1 heterocycles. The quantitative estimate of drug-likeness (QED) is 0.863. The first kappa shape index (κ1) is 15.2. The van der Waals surface area contributed by atoms with Gasteiger partial charge in [-0.1, -0.05) is 43.9 Å². The van der Waals surface area contributed by atoms with Crippen LogP contribution >= 0.6 is 11.6 Å². The predicted molar refractivity (Wildman–Crippen MR) is 91.4 cm³/mol. The van der Waals surface area contributed by atoms with Crippen LogP contribution in [0, 0.1) is 6.92 Å². The Morgan fingerprint density at radius 3 is 2.71 bits per heavy atom. The molecule has 2 aliphatic rings. The maximum Gasteiger partial charge on any atom is 0.0642 e. The second-order valence-corrected chi connectivity index (χ2v) is 7.27. The van der Waals surface area contributed by atoms with Crippen LogP contribution in [0.5, 0.6) is 0 Å². The highest BCUT2D eigenvalue weighted by Crippen LogP contribution is 2.37. The first-order valence-electron chi connectivity index (χ1n) is 8.41. The lowest BCUT2D eigenvalue weighted by molar-refractivity contribution is 0.196. The molecule has 116 valence electrons. The van der Waals surface area contributed by atoms with Gasteiger partial charge in [0.15, 0.2) is 0 Å². The first-order chi connectivity index (χ1) is 10.1. The van der Waals surface area contributed by atoms with E-state index >= 15 is 0 Å². The van der Waals surface area contributed by atoms with Crippen molar-refractivity contribution in [1.29, 1.82) is 0 Å². The zero-order chi connectivity index (χ0) is 14.9. The molecular formula is C18H27ClN2. The van der Waals surface area contributed by atoms with Gasteiger partial charge in [0, 0.05) is 24.7 Å². The Bertz CT molecular complexity index is 494. The molecule has 2 nitrogen and oxygen atoms in total. The minimum atomic E-state index is 0.318. The summed E-state index contributed by atoms with van der Waals surface area (Å²) in [7, 11) is 0. The van der Waals surface area contributed by atoms with Crippen molar-refractivity contribution >= 4 is 17.3 Å². The minimum Gasteiger partial charge on any atom is -0.364 e. The molecule has 0 bridgehead atoms. The van der Waals surface area contributed by atoms with E-state index in [1.165, 1.54) is 43.4 Å². The monoisotopic (exact) mass is 306 g/mol. The number of anilines is 1. The molecule has 1 aliphatic heterocycles. The fourth-order valence-electron chi connectivity index (χ4n) is 4.01. The molecule has 1 atom stereocenters. The van der Waals surface area contributed by atoms with E-state index in [1.807, 2.05) is 0 Å². The molecule has 1 saturated heterocycles. The lowest BCUT2D eigenvalue weighted by atomic mass is 9.79. The van der Waals surface area contributed by atoms with Crippen LogP contribution in [0.25, 0.3) is 0 Å². The van der Waals surface area contributed by atoms with Crippen LogP contribution < -0.4 is 10.2 Å². The summed E-state index contributed by atoms with van der Waals surface area (Å²) in [6, 6.07) is 7.04. The van der Waals surface area contributed by atoms with Gasteiger partial charge >= 0.3 is 0 Å². The van der Waals surface area contributed by atoms with Crippen LogP contribution in [-0.2, 0) is 0 Å². The molecule has 0 radical (unpaired) electrons. The molecule has 1 aliphatic carbocycles. The van der Waals surface area contributed by atoms with Crippen molar-refractivity contribution in [3.63, 3.8) is 0 Å². The summed E-state index contributed by atoms with van der Waals surface area (Å²) in [6.45, 7) is 6.57. The first-order valence-corrected chi connectivity index (χ1v) is 8.79. The van der Waals surface area contributed by atoms with E-state index in [4.69, 9.17) is 11.6 Å². The van der Waals surface area contributed by atoms with Gasteiger partial charge in [-0.2, -0.15) is 0 Å². The van der Waals surface area contributed by atoms with Gasteiger partial charge in [0.25, 0.3) is 0 Å². The molecule has 0 amide bonds. The highest BCUT2D eigenvalue weighted by atomic mass is 35.5. The molecule has 1 N–H and O–H groups in total. The maximum atomic E-state index is 6.55. The Morgan fingerprint density at radius 2 is 2.05 bits per heavy atom. The number of hydrogen-bond donors (Lipinski definition) is 1. The summed E-state index contributed by atoms with van der Waals surface area (Å²) in [5, 5.41) is 4.79. The Balaban J connectivity index is 1.88. The van der Waals surface area contributed by atoms with Crippen LogP contribution in [0.4, 0.5) is 5.69 Å². The Morgan fingerprint density at radius 1 is 1.29 bits per heavy atom. The smallest absolute Gasteiger partial charge is 0.0642 e. The molecule has 1 spiro atoms. The van der Waals surface area contributed by atoms with E-state index in [2.05, 4.69) is 42.3 Å². The Labute approximate surface area is 133 Å². The predicted octanol–water partition coefficient (Wildman–Crippen LogP) is 4.54. The average molecular weight is 307 g/mol. The van der Waals surface area contributed by atoms with Crippen molar-refractivity contribution < 1.29 is 0 Å². The van der Waals surface area contributed by atoms with Gasteiger partial charge in [0.1, 0.15) is 0 Å². The lowest BCUT2D eigenvalue weighted by Gasteiger charge is -2.50. The van der Waals surface area contributed by atoms with Crippen molar-refractivity contribution in [3.05, 3.63) is 28.8 Å². The summed E-state index contributed by atoms with van der Waals surface area (Å²) < 4.78 is 0. The van der Waals surface area contributed by atoms with Gasteiger partial charge in [-0.3, -0.25) is 0 Å². The number of halogens is 1. The third-order valence-electron chi connectivity index (χ3n) is 5.32. The van der Waals surface area contributed by atoms with Gasteiger partial charge in [0.2, 0.25) is 0 Å². The second-order valence-electron chi connectivity index (χ2n) is 6.87. The van der Waals surface area contributed by atoms with Gasteiger partial charge in [-0.25, -0.2) is 0 Å². The fourth-order valence-corrected chi connectivity index (χ4v) is 4.35. The van der Waals surface area contributed by atoms with Crippen LogP contribution in [-0.4, -0.2) is 24.7 Å². The summed E-state index contributed by atoms with van der Waals surface area (Å²) in [4.78, 5) is 2.57. The van der Waals surface area contributed by atoms with E-state index in [0.717, 1.165) is 24.5 Å². The second kappa shape index (κ2) is 6.18. The van der Waals surface area contributed by atoms with E-state index in [9.17, 15) is 0 Å². The Kier molecular flexibility index (Phi) is 4.46. The number of aryl methyl sites for hydroxylation is 1. The molecular weight excluding hydrogens is 280 g/mol. The van der Waals surface area contributed by atoms with Gasteiger partial charge in [-0.05, 0) is 43.9 Å². The number of nitrogens with zero attached hydrogens (tertiary/aromatic N) is 1. The van der Waals surface area contributed by atoms with Crippen molar-refractivity contribution in [2.24, 2.45) is 0 Å². The van der Waals surface area contributed by atoms with Gasteiger partial charge < -0.3 is 10.2 Å². The van der Waals surface area contributed by atoms with Crippen molar-refractivity contribution in [1.82, 2.24) is 5.32 Å². The number of piperazine rings is 1. The van der Waals surface area contributed by atoms with Crippen LogP contribution in [0.3, 0.4) is 0 Å². The topological polar surface area (TPSA) is 15.3 Å². The summed E-state index contributed by atoms with van der Waals surface area (Å²) in [5.41, 5.74) is 2.78. The molecule has 2 fully saturated rings. The van der Waals surface area contributed by atoms with E-state index in [0.29, 0.717) is 11.6 Å². The number of rotatable bonds is 2. The largest absolute Gasteiger partial charge is 0.364 e. The fraction of sp³-hybridized carbons (Fsp3) is 0.667. The normalized spacial score (nSPS) is 25.3. The number of nitrogens with one attached hydrogen (secondary N) is 1. The SMILES string of the molecule is CCC1CNC2(CCCCC2)CN1c1ccc(C)cc1Cl. The molecule has 0 aromatic heterocycles. The number of hydrogen-bond acceptors (Lipinski definition) is 2. The van der Waals surface area contributed by atoms with Gasteiger partial charge in [0.05, 0.1) is 10.7 Å². The van der Waals surface area contributed by atoms with E-state index in [1.54, 1.807) is 0 Å². The third kappa shape index (κ3) is 3.07. The zero-order valence-electron chi connectivity index (χ0n) is 13.3. The van der Waals surface area contributed by atoms with Crippen molar-refractivity contribution in [2.45, 2.75) is 64.0 Å². The highest BCUT2D eigenvalue weighted by Gasteiger charge is 2.39. The standard InChI is InChI=1S/C18H27ClN2/c1-3-15-12-20-18(9-5-4-6-10-18)13-21(15)17-8-7-14(2)11-16(17)19/h7-8,11,15,20H,3-6,9-10,12-13H2,1-2H3. The molecule has 3 heteroatoms. The van der Waals surface area contributed by atoms with Crippen LogP contribution in [0.2, 0.25) is 5.02 Å². The lowest BCUT2D eigenvalue weighted by Crippen LogP contribution is -2.65. The highest BCUT2D eigenvalue weighted by molar-refractivity contribution is 6.33. The van der Waals surface area contributed by atoms with Crippen LogP contribution in [0.1, 0.15) is 51.0 Å². The summed E-state index contributed by atoms with van der Waals surface area (Å²) >= 11 is 6.55. The van der Waals surface area contributed by atoms with Crippen molar-refractivity contribution in [3.8, 4) is 0 Å². The molecule has 1 aromatic carbocycles. The molecule has 1 unspecified atom stereocenters. The average Bonchev–Trinajstić information content (AvgIpc) is 2.48. The number of benzene rings is 1. The van der Waals surface area contributed by atoms with Gasteiger partial charge in [-0.15, -0.1) is 0 Å². The summed E-state index contributed by atoms with van der Waals surface area (Å²) in [5.74, 6) is 0. The summed E-state index contributed by atoms with van der Waals surface area (Å²) in [6.07, 6.45) is 7.89. The Hall–Kier alpha value is -0.730. The minimum absolute atomic E-state index is 0.318. The van der Waals surface area contributed by atoms with Crippen LogP contribution in [0.15, 0.2) is 18.2 Å². The van der Waals surface area contributed by atoms with Crippen molar-refractivity contribution in [2.75, 3.05) is 18.0 Å². The molecule has 1 aromatic rings. The molecule has 3 rings (SSSR count). The third-order valence-corrected chi connectivity index (χ3v) is 5.62. The van der Waals surface area contributed by atoms with E-state index in [-0.39, 0.29) is 0 Å². The maximum absolute atomic E-state index is 6.55. The van der Waals surface area contributed by atoms with E-state index < -0.39 is 0 Å².